The van der Waals surface area contributed by atoms with E-state index in [2.05, 4.69) is 0 Å². The zero-order chi connectivity index (χ0) is 7.15. The van der Waals surface area contributed by atoms with Crippen molar-refractivity contribution in [3.8, 4) is 0 Å². The summed E-state index contributed by atoms with van der Waals surface area (Å²) >= 11 is 0. The number of carboxylic acid groups (broad SMARTS) is 4. The molecular weight excluding hydrogens is 329 g/mol. The van der Waals surface area contributed by atoms with Crippen LogP contribution in [-0.2, 0) is 0 Å². The van der Waals surface area contributed by atoms with E-state index < -0.39 is 12.3 Å². The zero-order valence-electron chi connectivity index (χ0n) is 4.31. The Kier molecular flexibility index (Phi) is 18.3. The normalized spacial score (nSPS) is 5.33. The van der Waals surface area contributed by atoms with Crippen molar-refractivity contribution in [3.63, 3.8) is 0 Å². The van der Waals surface area contributed by atoms with Crippen LogP contribution in [0, 0.1) is 0 Å². The van der Waals surface area contributed by atoms with Crippen LogP contribution >= 0.6 is 0 Å². The van der Waals surface area contributed by atoms with Crippen molar-refractivity contribution in [1.82, 2.24) is 0 Å². The van der Waals surface area contributed by atoms with Crippen LogP contribution in [0.2, 0.25) is 0 Å². The quantitative estimate of drug-likeness (QED) is 0.433. The average molecular weight is 336 g/mol. The van der Waals surface area contributed by atoms with E-state index >= 15 is 0 Å². The molecule has 0 aromatic carbocycles. The van der Waals surface area contributed by atoms with Crippen molar-refractivity contribution < 1.29 is 30.0 Å². The Morgan fingerprint density at radius 1 is 0.778 bits per heavy atom. The van der Waals surface area contributed by atoms with E-state index in [-0.39, 0.29) is 26.2 Å². The van der Waals surface area contributed by atoms with Gasteiger partial charge in [-0.3, -0.25) is 0 Å². The Morgan fingerprint density at radius 3 is 0.778 bits per heavy atom. The second-order valence-corrected chi connectivity index (χ2v) is 0.565. The summed E-state index contributed by atoms with van der Waals surface area (Å²) in [5.74, 6) is 0. The van der Waals surface area contributed by atoms with Crippen LogP contribution in [-0.4, -0.2) is 58.9 Å². The third-order valence-electron chi connectivity index (χ3n) is 0. The van der Waals surface area contributed by atoms with Gasteiger partial charge in [-0.2, -0.15) is 0 Å². The van der Waals surface area contributed by atoms with Crippen LogP contribution < -0.4 is 0 Å². The van der Waals surface area contributed by atoms with E-state index in [0.717, 1.165) is 0 Å². The number of carbonyl (C=O) groups is 2. The van der Waals surface area contributed by atoms with E-state index in [1.54, 1.807) is 0 Å². The fourth-order valence-corrected chi connectivity index (χ4v) is 0. The molecule has 0 aromatic rings. The molecule has 0 rings (SSSR count). The third-order valence-corrected chi connectivity index (χ3v) is 0. The fourth-order valence-electron chi connectivity index (χ4n) is 0. The molecule has 0 saturated heterocycles. The summed E-state index contributed by atoms with van der Waals surface area (Å²) in [7, 11) is 0. The second kappa shape index (κ2) is 10.4. The molecule has 0 bridgehead atoms. The summed E-state index contributed by atoms with van der Waals surface area (Å²) in [5, 5.41) is 27.9. The van der Waals surface area contributed by atoms with E-state index in [9.17, 15) is 0 Å². The molecule has 0 aliphatic rings. The van der Waals surface area contributed by atoms with Gasteiger partial charge < -0.3 is 20.4 Å². The predicted molar refractivity (Wildman–Crippen MR) is 31.2 cm³/mol. The molecule has 0 aliphatic heterocycles. The minimum atomic E-state index is -1.83. The van der Waals surface area contributed by atoms with E-state index in [1.165, 1.54) is 0 Å². The fraction of sp³-hybridized carbons (Fsp3) is 0. The molecule has 6 nitrogen and oxygen atoms in total. The molecule has 0 saturated carbocycles. The molecule has 0 radical (unpaired) electrons. The van der Waals surface area contributed by atoms with Gasteiger partial charge in [0.15, 0.2) is 0 Å². The first kappa shape index (κ1) is 15.8. The summed E-state index contributed by atoms with van der Waals surface area (Å²) < 4.78 is 0. The molecule has 0 heterocycles. The first-order valence-corrected chi connectivity index (χ1v) is 1.30. The Hall–Kier alpha value is -0.577. The summed E-state index contributed by atoms with van der Waals surface area (Å²) in [4.78, 5) is 17.1. The predicted octanol–water partition coefficient (Wildman–Crippen LogP) is -0.739. The summed E-state index contributed by atoms with van der Waals surface area (Å²) in [5.41, 5.74) is 0. The monoisotopic (exact) mass is 336 g/mol. The van der Waals surface area contributed by atoms with Crippen molar-refractivity contribution >= 4 is 38.5 Å². The zero-order valence-corrected chi connectivity index (χ0v) is 9.81. The van der Waals surface area contributed by atoms with Gasteiger partial charge in [0.2, 0.25) is 0 Å². The molecular formula is C2H7BiO6. The van der Waals surface area contributed by atoms with Gasteiger partial charge >= 0.3 is 38.5 Å². The third kappa shape index (κ3) is 656. The van der Waals surface area contributed by atoms with E-state index in [0.29, 0.717) is 0 Å². The van der Waals surface area contributed by atoms with Crippen molar-refractivity contribution in [2.75, 3.05) is 0 Å². The van der Waals surface area contributed by atoms with Crippen LogP contribution in [0.25, 0.3) is 0 Å². The van der Waals surface area contributed by atoms with Gasteiger partial charge in [-0.25, -0.2) is 9.59 Å². The van der Waals surface area contributed by atoms with Gasteiger partial charge in [-0.15, -0.1) is 0 Å². The standard InChI is InChI=1S/2CH2O3.Bi.3H/c2*2-1(3)4;;;;/h2*(H2,2,3,4);;;;. The molecule has 0 spiro atoms. The first-order valence-electron chi connectivity index (χ1n) is 1.30. The second-order valence-electron chi connectivity index (χ2n) is 0.565. The SMILES string of the molecule is O=C(O)O.O=C(O)O.[BiH3]. The molecule has 0 unspecified atom stereocenters. The summed E-state index contributed by atoms with van der Waals surface area (Å²) in [6.07, 6.45) is -3.67. The van der Waals surface area contributed by atoms with Crippen molar-refractivity contribution in [3.05, 3.63) is 0 Å². The van der Waals surface area contributed by atoms with Crippen molar-refractivity contribution in [1.29, 1.82) is 0 Å². The average Bonchev–Trinajstić information content (AvgIpc) is 1.25. The van der Waals surface area contributed by atoms with Crippen molar-refractivity contribution in [2.45, 2.75) is 0 Å². The van der Waals surface area contributed by atoms with Gasteiger partial charge in [-0.05, 0) is 0 Å². The van der Waals surface area contributed by atoms with Gasteiger partial charge in [0.1, 0.15) is 0 Å². The topological polar surface area (TPSA) is 115 Å². The number of hydrogen-bond acceptors (Lipinski definition) is 2. The molecule has 0 amide bonds. The van der Waals surface area contributed by atoms with Gasteiger partial charge in [0.05, 0.1) is 0 Å². The molecule has 56 valence electrons. The van der Waals surface area contributed by atoms with Crippen molar-refractivity contribution in [2.24, 2.45) is 0 Å². The summed E-state index contributed by atoms with van der Waals surface area (Å²) in [6, 6.07) is 0. The molecule has 7 heteroatoms. The van der Waals surface area contributed by atoms with Gasteiger partial charge in [0.25, 0.3) is 0 Å². The van der Waals surface area contributed by atoms with E-state index in [4.69, 9.17) is 30.0 Å². The molecule has 4 N–H and O–H groups in total. The molecule has 9 heavy (non-hydrogen) atoms. The maximum atomic E-state index is 8.56. The Balaban J connectivity index is -0.0000000720. The molecule has 0 aromatic heterocycles. The Labute approximate surface area is 68.9 Å². The molecule has 0 atom stereocenters. The van der Waals surface area contributed by atoms with Crippen LogP contribution in [0.15, 0.2) is 0 Å². The van der Waals surface area contributed by atoms with E-state index in [1.807, 2.05) is 0 Å². The summed E-state index contributed by atoms with van der Waals surface area (Å²) in [6.45, 7) is 0. The van der Waals surface area contributed by atoms with Crippen LogP contribution in [0.4, 0.5) is 9.59 Å². The Bertz CT molecular complexity index is 69.1. The number of rotatable bonds is 0. The van der Waals surface area contributed by atoms with Gasteiger partial charge in [-0.1, -0.05) is 0 Å². The van der Waals surface area contributed by atoms with Gasteiger partial charge in [0, 0.05) is 0 Å². The number of hydrogen-bond donors (Lipinski definition) is 4. The first-order chi connectivity index (χ1) is 3.46. The van der Waals surface area contributed by atoms with Crippen LogP contribution in [0.3, 0.4) is 0 Å². The maximum absolute atomic E-state index is 8.56. The minimum absolute atomic E-state index is 0. The molecule has 0 aliphatic carbocycles. The van der Waals surface area contributed by atoms with Crippen LogP contribution in [0.1, 0.15) is 0 Å². The molecule has 0 fully saturated rings. The van der Waals surface area contributed by atoms with Crippen LogP contribution in [0.5, 0.6) is 0 Å². The Morgan fingerprint density at radius 2 is 0.778 bits per heavy atom.